The van der Waals surface area contributed by atoms with Gasteiger partial charge in [-0.05, 0) is 18.9 Å². The first-order chi connectivity index (χ1) is 7.67. The minimum absolute atomic E-state index is 0.0265. The molecule has 0 aliphatic heterocycles. The fraction of sp³-hybridized carbons (Fsp3) is 0.636. The van der Waals surface area contributed by atoms with Crippen LogP contribution in [0.1, 0.15) is 36.2 Å². The molecule has 16 heavy (non-hydrogen) atoms. The quantitative estimate of drug-likeness (QED) is 0.862. The van der Waals surface area contributed by atoms with Crippen LogP contribution in [0.25, 0.3) is 0 Å². The normalized spacial score (nSPS) is 18.6. The molecule has 0 unspecified atom stereocenters. The Bertz CT molecular complexity index is 382. The van der Waals surface area contributed by atoms with E-state index < -0.39 is 0 Å². The molecule has 1 aromatic heterocycles. The SMILES string of the molecule is Cn1nccc1C(=O)NC1(CBr)CCCC1. The number of rotatable bonds is 3. The zero-order chi connectivity index (χ0) is 11.6. The lowest BCUT2D eigenvalue weighted by Gasteiger charge is -2.27. The molecule has 0 atom stereocenters. The highest BCUT2D eigenvalue weighted by atomic mass is 79.9. The average molecular weight is 286 g/mol. The van der Waals surface area contributed by atoms with Crippen molar-refractivity contribution in [3.63, 3.8) is 0 Å². The maximum atomic E-state index is 12.1. The summed E-state index contributed by atoms with van der Waals surface area (Å²) in [5, 5.41) is 7.97. The monoisotopic (exact) mass is 285 g/mol. The zero-order valence-electron chi connectivity index (χ0n) is 9.37. The first kappa shape index (κ1) is 11.6. The Kier molecular flexibility index (Phi) is 3.33. The summed E-state index contributed by atoms with van der Waals surface area (Å²) < 4.78 is 1.60. The van der Waals surface area contributed by atoms with Gasteiger partial charge in [0.15, 0.2) is 0 Å². The third kappa shape index (κ3) is 2.14. The lowest BCUT2D eigenvalue weighted by molar-refractivity contribution is 0.0900. The molecule has 1 heterocycles. The molecule has 88 valence electrons. The number of hydrogen-bond acceptors (Lipinski definition) is 2. The summed E-state index contributed by atoms with van der Waals surface area (Å²) >= 11 is 3.51. The Labute approximate surface area is 104 Å². The van der Waals surface area contributed by atoms with Crippen LogP contribution in [0.4, 0.5) is 0 Å². The maximum Gasteiger partial charge on any atom is 0.269 e. The highest BCUT2D eigenvalue weighted by Crippen LogP contribution is 2.31. The van der Waals surface area contributed by atoms with Gasteiger partial charge in [-0.3, -0.25) is 9.48 Å². The van der Waals surface area contributed by atoms with E-state index in [0.717, 1.165) is 18.2 Å². The van der Waals surface area contributed by atoms with Gasteiger partial charge in [-0.2, -0.15) is 5.10 Å². The molecule has 2 rings (SSSR count). The van der Waals surface area contributed by atoms with Gasteiger partial charge in [-0.15, -0.1) is 0 Å². The largest absolute Gasteiger partial charge is 0.344 e. The Morgan fingerprint density at radius 3 is 2.81 bits per heavy atom. The van der Waals surface area contributed by atoms with Gasteiger partial charge in [-0.1, -0.05) is 28.8 Å². The molecule has 0 bridgehead atoms. The summed E-state index contributed by atoms with van der Waals surface area (Å²) in [6.45, 7) is 0. The number of nitrogens with zero attached hydrogens (tertiary/aromatic N) is 2. The fourth-order valence-corrected chi connectivity index (χ4v) is 2.95. The number of carbonyl (C=O) groups excluding carboxylic acids is 1. The molecule has 4 nitrogen and oxygen atoms in total. The molecule has 0 spiro atoms. The van der Waals surface area contributed by atoms with E-state index in [9.17, 15) is 4.79 Å². The molecule has 5 heteroatoms. The Morgan fingerprint density at radius 1 is 1.62 bits per heavy atom. The standard InChI is InChI=1S/C11H16BrN3O/c1-15-9(4-7-13-15)10(16)14-11(8-12)5-2-3-6-11/h4,7H,2-3,5-6,8H2,1H3,(H,14,16). The molecule has 0 radical (unpaired) electrons. The topological polar surface area (TPSA) is 46.9 Å². The van der Waals surface area contributed by atoms with Crippen LogP contribution in [0.3, 0.4) is 0 Å². The number of alkyl halides is 1. The highest BCUT2D eigenvalue weighted by molar-refractivity contribution is 9.09. The molecule has 1 N–H and O–H groups in total. The summed E-state index contributed by atoms with van der Waals surface area (Å²) in [7, 11) is 1.78. The molecule has 1 amide bonds. The summed E-state index contributed by atoms with van der Waals surface area (Å²) in [6.07, 6.45) is 6.14. The van der Waals surface area contributed by atoms with Crippen LogP contribution in [-0.2, 0) is 7.05 Å². The van der Waals surface area contributed by atoms with Crippen LogP contribution in [0, 0.1) is 0 Å². The third-order valence-corrected chi connectivity index (χ3v) is 4.32. The van der Waals surface area contributed by atoms with Gasteiger partial charge in [0, 0.05) is 18.6 Å². The minimum atomic E-state index is -0.0542. The van der Waals surface area contributed by atoms with Crippen LogP contribution in [0.2, 0.25) is 0 Å². The van der Waals surface area contributed by atoms with E-state index in [1.807, 2.05) is 0 Å². The minimum Gasteiger partial charge on any atom is -0.344 e. The van der Waals surface area contributed by atoms with Crippen LogP contribution in [0.15, 0.2) is 12.3 Å². The zero-order valence-corrected chi connectivity index (χ0v) is 11.0. The van der Waals surface area contributed by atoms with Crippen molar-refractivity contribution in [3.05, 3.63) is 18.0 Å². The van der Waals surface area contributed by atoms with Crippen LogP contribution < -0.4 is 5.32 Å². The predicted molar refractivity (Wildman–Crippen MR) is 65.7 cm³/mol. The summed E-state index contributed by atoms with van der Waals surface area (Å²) in [5.41, 5.74) is 0.564. The number of aromatic nitrogens is 2. The van der Waals surface area contributed by atoms with Crippen molar-refractivity contribution in [2.45, 2.75) is 31.2 Å². The van der Waals surface area contributed by atoms with Crippen molar-refractivity contribution >= 4 is 21.8 Å². The lowest BCUT2D eigenvalue weighted by atomic mass is 10.0. The van der Waals surface area contributed by atoms with Crippen molar-refractivity contribution < 1.29 is 4.79 Å². The van der Waals surface area contributed by atoms with Crippen molar-refractivity contribution in [2.75, 3.05) is 5.33 Å². The smallest absolute Gasteiger partial charge is 0.269 e. The van der Waals surface area contributed by atoms with E-state index in [1.165, 1.54) is 12.8 Å². The van der Waals surface area contributed by atoms with Gasteiger partial charge < -0.3 is 5.32 Å². The van der Waals surface area contributed by atoms with Gasteiger partial charge in [0.25, 0.3) is 5.91 Å². The number of halogens is 1. The van der Waals surface area contributed by atoms with E-state index in [2.05, 4.69) is 26.3 Å². The summed E-state index contributed by atoms with van der Waals surface area (Å²) in [5.74, 6) is -0.0265. The highest BCUT2D eigenvalue weighted by Gasteiger charge is 2.34. The van der Waals surface area contributed by atoms with E-state index in [4.69, 9.17) is 0 Å². The summed E-state index contributed by atoms with van der Waals surface area (Å²) in [6, 6.07) is 1.74. The summed E-state index contributed by atoms with van der Waals surface area (Å²) in [4.78, 5) is 12.1. The van der Waals surface area contributed by atoms with E-state index in [0.29, 0.717) is 5.69 Å². The van der Waals surface area contributed by atoms with Crippen molar-refractivity contribution in [3.8, 4) is 0 Å². The van der Waals surface area contributed by atoms with Crippen molar-refractivity contribution in [1.29, 1.82) is 0 Å². The van der Waals surface area contributed by atoms with Crippen LogP contribution in [-0.4, -0.2) is 26.6 Å². The number of hydrogen-bond donors (Lipinski definition) is 1. The van der Waals surface area contributed by atoms with Crippen molar-refractivity contribution in [2.24, 2.45) is 7.05 Å². The molecule has 1 aliphatic carbocycles. The lowest BCUT2D eigenvalue weighted by Crippen LogP contribution is -2.48. The third-order valence-electron chi connectivity index (χ3n) is 3.25. The molecule has 1 saturated carbocycles. The molecular weight excluding hydrogens is 270 g/mol. The molecule has 1 aromatic rings. The molecule has 0 saturated heterocycles. The number of amides is 1. The van der Waals surface area contributed by atoms with Crippen LogP contribution in [0.5, 0.6) is 0 Å². The first-order valence-electron chi connectivity index (χ1n) is 5.53. The molecule has 1 fully saturated rings. The van der Waals surface area contributed by atoms with E-state index in [1.54, 1.807) is 24.0 Å². The number of nitrogens with one attached hydrogen (secondary N) is 1. The number of aryl methyl sites for hydroxylation is 1. The predicted octanol–water partition coefficient (Wildman–Crippen LogP) is 1.86. The van der Waals surface area contributed by atoms with Gasteiger partial charge >= 0.3 is 0 Å². The average Bonchev–Trinajstić information content (AvgIpc) is 2.87. The second-order valence-electron chi connectivity index (χ2n) is 4.42. The second kappa shape index (κ2) is 4.57. The second-order valence-corrected chi connectivity index (χ2v) is 4.98. The van der Waals surface area contributed by atoms with E-state index >= 15 is 0 Å². The van der Waals surface area contributed by atoms with Gasteiger partial charge in [-0.25, -0.2) is 0 Å². The van der Waals surface area contributed by atoms with Crippen LogP contribution >= 0.6 is 15.9 Å². The first-order valence-corrected chi connectivity index (χ1v) is 6.65. The molecule has 1 aliphatic rings. The Morgan fingerprint density at radius 2 is 2.31 bits per heavy atom. The van der Waals surface area contributed by atoms with E-state index in [-0.39, 0.29) is 11.4 Å². The number of carbonyl (C=O) groups is 1. The van der Waals surface area contributed by atoms with Crippen molar-refractivity contribution in [1.82, 2.24) is 15.1 Å². The van der Waals surface area contributed by atoms with Gasteiger partial charge in [0.2, 0.25) is 0 Å². The Balaban J connectivity index is 2.09. The molecule has 0 aromatic carbocycles. The maximum absolute atomic E-state index is 12.1. The van der Waals surface area contributed by atoms with Gasteiger partial charge in [0.05, 0.1) is 5.54 Å². The Hall–Kier alpha value is -0.840. The van der Waals surface area contributed by atoms with Gasteiger partial charge in [0.1, 0.15) is 5.69 Å². The molecular formula is C11H16BrN3O. The fourth-order valence-electron chi connectivity index (χ4n) is 2.25.